The zero-order valence-electron chi connectivity index (χ0n) is 15.0. The van der Waals surface area contributed by atoms with E-state index in [2.05, 4.69) is 4.98 Å². The van der Waals surface area contributed by atoms with Crippen molar-refractivity contribution >= 4 is 39.1 Å². The molecule has 1 aromatic heterocycles. The quantitative estimate of drug-likeness (QED) is 0.606. The van der Waals surface area contributed by atoms with Crippen LogP contribution in [0.25, 0.3) is 21.3 Å². The Kier molecular flexibility index (Phi) is 5.06. The number of thiazole rings is 1. The first-order chi connectivity index (χ1) is 12.2. The van der Waals surface area contributed by atoms with Crippen molar-refractivity contribution in [3.8, 4) is 11.1 Å². The Labute approximate surface area is 161 Å². The van der Waals surface area contributed by atoms with Gasteiger partial charge in [0.2, 0.25) is 0 Å². The lowest BCUT2D eigenvalue weighted by Crippen LogP contribution is -2.28. The van der Waals surface area contributed by atoms with Crippen molar-refractivity contribution in [3.05, 3.63) is 52.0 Å². The number of carboxylic acids is 1. The lowest BCUT2D eigenvalue weighted by atomic mass is 9.91. The lowest BCUT2D eigenvalue weighted by molar-refractivity contribution is -0.160. The summed E-state index contributed by atoms with van der Waals surface area (Å²) in [5, 5.41) is 10.5. The van der Waals surface area contributed by atoms with E-state index in [0.717, 1.165) is 26.9 Å². The first-order valence-corrected chi connectivity index (χ1v) is 9.46. The predicted molar refractivity (Wildman–Crippen MR) is 106 cm³/mol. The van der Waals surface area contributed by atoms with Crippen molar-refractivity contribution in [3.63, 3.8) is 0 Å². The van der Waals surface area contributed by atoms with Crippen molar-refractivity contribution in [2.45, 2.75) is 39.4 Å². The minimum atomic E-state index is -1.08. The predicted octanol–water partition coefficient (Wildman–Crippen LogP) is 5.87. The number of hydrogen-bond acceptors (Lipinski definition) is 4. The topological polar surface area (TPSA) is 59.4 Å². The van der Waals surface area contributed by atoms with Gasteiger partial charge in [0.15, 0.2) is 6.10 Å². The van der Waals surface area contributed by atoms with E-state index >= 15 is 0 Å². The van der Waals surface area contributed by atoms with E-state index in [4.69, 9.17) is 16.3 Å². The van der Waals surface area contributed by atoms with E-state index in [0.29, 0.717) is 10.6 Å². The summed E-state index contributed by atoms with van der Waals surface area (Å²) in [4.78, 5) is 16.5. The molecule has 4 nitrogen and oxygen atoms in total. The van der Waals surface area contributed by atoms with Gasteiger partial charge < -0.3 is 9.84 Å². The Balaban J connectivity index is 2.33. The van der Waals surface area contributed by atoms with Gasteiger partial charge in [-0.1, -0.05) is 23.7 Å². The molecule has 1 heterocycles. The third-order valence-electron chi connectivity index (χ3n) is 3.96. The van der Waals surface area contributed by atoms with Gasteiger partial charge in [-0.2, -0.15) is 0 Å². The van der Waals surface area contributed by atoms with Gasteiger partial charge in [0.25, 0.3) is 0 Å². The molecule has 1 atom stereocenters. The molecule has 0 amide bonds. The number of aryl methyl sites for hydroxylation is 1. The molecule has 136 valence electrons. The van der Waals surface area contributed by atoms with Crippen LogP contribution in [0.2, 0.25) is 5.02 Å². The van der Waals surface area contributed by atoms with Crippen LogP contribution in [0, 0.1) is 6.92 Å². The summed E-state index contributed by atoms with van der Waals surface area (Å²) >= 11 is 7.53. The SMILES string of the molecule is Cc1cc2ncsc2c(-c2ccc(Cl)cc2)c1C(OC(C)(C)C)C(=O)O. The van der Waals surface area contributed by atoms with E-state index in [1.165, 1.54) is 11.3 Å². The second kappa shape index (κ2) is 6.99. The van der Waals surface area contributed by atoms with E-state index < -0.39 is 17.7 Å². The zero-order chi connectivity index (χ0) is 19.1. The number of nitrogens with zero attached hydrogens (tertiary/aromatic N) is 1. The van der Waals surface area contributed by atoms with E-state index in [9.17, 15) is 9.90 Å². The molecule has 3 rings (SSSR count). The molecule has 0 bridgehead atoms. The Morgan fingerprint density at radius 1 is 1.27 bits per heavy atom. The molecule has 0 aliphatic carbocycles. The fourth-order valence-electron chi connectivity index (χ4n) is 2.97. The highest BCUT2D eigenvalue weighted by Crippen LogP contribution is 2.41. The maximum absolute atomic E-state index is 12.1. The summed E-state index contributed by atoms with van der Waals surface area (Å²) in [5.41, 5.74) is 5.25. The van der Waals surface area contributed by atoms with Gasteiger partial charge in [-0.05, 0) is 57.0 Å². The second-order valence-corrected chi connectivity index (χ2v) is 8.43. The Morgan fingerprint density at radius 2 is 1.92 bits per heavy atom. The smallest absolute Gasteiger partial charge is 0.337 e. The molecular formula is C20H20ClNO3S. The summed E-state index contributed by atoms with van der Waals surface area (Å²) in [7, 11) is 0. The van der Waals surface area contributed by atoms with Crippen molar-refractivity contribution < 1.29 is 14.6 Å². The molecule has 0 saturated carbocycles. The monoisotopic (exact) mass is 389 g/mol. The molecule has 0 saturated heterocycles. The molecule has 1 unspecified atom stereocenters. The first kappa shape index (κ1) is 18.8. The largest absolute Gasteiger partial charge is 0.479 e. The fraction of sp³-hybridized carbons (Fsp3) is 0.300. The van der Waals surface area contributed by atoms with Gasteiger partial charge in [-0.3, -0.25) is 0 Å². The molecule has 0 spiro atoms. The third-order valence-corrected chi connectivity index (χ3v) is 5.07. The van der Waals surface area contributed by atoms with E-state index in [1.54, 1.807) is 17.6 Å². The number of benzene rings is 2. The van der Waals surface area contributed by atoms with Gasteiger partial charge >= 0.3 is 5.97 Å². The van der Waals surface area contributed by atoms with Crippen LogP contribution in [-0.4, -0.2) is 21.7 Å². The van der Waals surface area contributed by atoms with Gasteiger partial charge in [-0.15, -0.1) is 11.3 Å². The third kappa shape index (κ3) is 3.75. The molecular weight excluding hydrogens is 370 g/mol. The molecule has 0 aliphatic rings. The number of carboxylic acid groups (broad SMARTS) is 1. The van der Waals surface area contributed by atoms with Crippen LogP contribution < -0.4 is 0 Å². The van der Waals surface area contributed by atoms with Crippen molar-refractivity contribution in [2.24, 2.45) is 0 Å². The lowest BCUT2D eigenvalue weighted by Gasteiger charge is -2.28. The van der Waals surface area contributed by atoms with Crippen molar-refractivity contribution in [1.29, 1.82) is 0 Å². The number of aliphatic carboxylic acids is 1. The minimum absolute atomic E-state index is 0.602. The van der Waals surface area contributed by atoms with Crippen LogP contribution in [0.1, 0.15) is 38.0 Å². The highest BCUT2D eigenvalue weighted by molar-refractivity contribution is 7.17. The highest BCUT2D eigenvalue weighted by Gasteiger charge is 2.31. The van der Waals surface area contributed by atoms with Crippen LogP contribution in [0.3, 0.4) is 0 Å². The van der Waals surface area contributed by atoms with Crippen LogP contribution in [-0.2, 0) is 9.53 Å². The maximum Gasteiger partial charge on any atom is 0.337 e. The molecule has 26 heavy (non-hydrogen) atoms. The van der Waals surface area contributed by atoms with Crippen LogP contribution >= 0.6 is 22.9 Å². The fourth-order valence-corrected chi connectivity index (χ4v) is 3.95. The number of rotatable bonds is 4. The van der Waals surface area contributed by atoms with Gasteiger partial charge in [0.1, 0.15) is 0 Å². The number of hydrogen-bond donors (Lipinski definition) is 1. The molecule has 6 heteroatoms. The number of aromatic nitrogens is 1. The normalized spacial score (nSPS) is 13.1. The maximum atomic E-state index is 12.1. The average molecular weight is 390 g/mol. The number of halogens is 1. The van der Waals surface area contributed by atoms with E-state index in [-0.39, 0.29) is 0 Å². The van der Waals surface area contributed by atoms with Crippen LogP contribution in [0.5, 0.6) is 0 Å². The summed E-state index contributed by atoms with van der Waals surface area (Å²) in [6.45, 7) is 7.46. The number of ether oxygens (including phenoxy) is 1. The average Bonchev–Trinajstić information content (AvgIpc) is 2.99. The van der Waals surface area contributed by atoms with Gasteiger partial charge in [-0.25, -0.2) is 9.78 Å². The van der Waals surface area contributed by atoms with Crippen molar-refractivity contribution in [1.82, 2.24) is 4.98 Å². The summed E-state index contributed by atoms with van der Waals surface area (Å²) < 4.78 is 6.88. The molecule has 1 N–H and O–H groups in total. The minimum Gasteiger partial charge on any atom is -0.479 e. The molecule has 0 fully saturated rings. The van der Waals surface area contributed by atoms with Crippen LogP contribution in [0.15, 0.2) is 35.8 Å². The highest BCUT2D eigenvalue weighted by atomic mass is 35.5. The second-order valence-electron chi connectivity index (χ2n) is 7.14. The molecule has 2 aromatic carbocycles. The number of fused-ring (bicyclic) bond motifs is 1. The van der Waals surface area contributed by atoms with Crippen LogP contribution in [0.4, 0.5) is 0 Å². The Morgan fingerprint density at radius 3 is 2.50 bits per heavy atom. The Bertz CT molecular complexity index is 958. The standard InChI is InChI=1S/C20H20ClNO3S/c1-11-9-14-18(26-10-22-14)16(12-5-7-13(21)8-6-12)15(11)17(19(23)24)25-20(2,3)4/h5-10,17H,1-4H3,(H,23,24). The first-order valence-electron chi connectivity index (χ1n) is 8.20. The zero-order valence-corrected chi connectivity index (χ0v) is 16.6. The molecule has 0 radical (unpaired) electrons. The summed E-state index contributed by atoms with van der Waals surface area (Å²) in [6.07, 6.45) is -1.08. The summed E-state index contributed by atoms with van der Waals surface area (Å²) in [6, 6.07) is 9.32. The summed E-state index contributed by atoms with van der Waals surface area (Å²) in [5.74, 6) is -1.01. The number of carbonyl (C=O) groups is 1. The van der Waals surface area contributed by atoms with Crippen molar-refractivity contribution in [2.75, 3.05) is 0 Å². The molecule has 3 aromatic rings. The molecule has 0 aliphatic heterocycles. The Hall–Kier alpha value is -1.95. The van der Waals surface area contributed by atoms with E-state index in [1.807, 2.05) is 45.9 Å². The van der Waals surface area contributed by atoms with Gasteiger partial charge in [0, 0.05) is 16.1 Å². The van der Waals surface area contributed by atoms with Gasteiger partial charge in [0.05, 0.1) is 21.3 Å².